The number of benzene rings is 2. The van der Waals surface area contributed by atoms with Crippen molar-refractivity contribution in [2.75, 3.05) is 41.0 Å². The maximum Gasteiger partial charge on any atom is 0.161 e. The molecule has 0 amide bonds. The van der Waals surface area contributed by atoms with Gasteiger partial charge in [0.1, 0.15) is 5.75 Å². The molecular weight excluding hydrogens is 358 g/mol. The molecule has 2 rings (SSSR count). The molecule has 0 bridgehead atoms. The number of hydrogen-bond acceptors (Lipinski definition) is 6. The van der Waals surface area contributed by atoms with Crippen LogP contribution in [-0.2, 0) is 17.9 Å². The summed E-state index contributed by atoms with van der Waals surface area (Å²) in [6.07, 6.45) is -0.562. The number of aliphatic hydroxyl groups is 1. The van der Waals surface area contributed by atoms with Crippen LogP contribution < -0.4 is 14.2 Å². The zero-order chi connectivity index (χ0) is 20.4. The minimum atomic E-state index is -0.562. The molecule has 2 aromatic carbocycles. The predicted octanol–water partition coefficient (Wildman–Crippen LogP) is 3.11. The molecule has 6 heteroatoms. The Kier molecular flexibility index (Phi) is 9.07. The van der Waals surface area contributed by atoms with E-state index in [1.54, 1.807) is 14.2 Å². The Hall–Kier alpha value is -2.28. The number of likely N-dealkylation sites (N-methyl/N-ethyl adjacent to an activating group) is 1. The molecular formula is C22H31NO5. The topological polar surface area (TPSA) is 60.4 Å². The Morgan fingerprint density at radius 2 is 1.68 bits per heavy atom. The molecule has 0 spiro atoms. The van der Waals surface area contributed by atoms with Gasteiger partial charge >= 0.3 is 0 Å². The summed E-state index contributed by atoms with van der Waals surface area (Å²) in [5, 5.41) is 10.2. The van der Waals surface area contributed by atoms with Gasteiger partial charge in [0.05, 0.1) is 40.1 Å². The van der Waals surface area contributed by atoms with Crippen molar-refractivity contribution in [3.63, 3.8) is 0 Å². The Morgan fingerprint density at radius 3 is 2.32 bits per heavy atom. The van der Waals surface area contributed by atoms with E-state index < -0.39 is 6.10 Å². The van der Waals surface area contributed by atoms with Gasteiger partial charge in [0, 0.05) is 13.1 Å². The third-order valence-electron chi connectivity index (χ3n) is 4.24. The molecule has 1 N–H and O–H groups in total. The van der Waals surface area contributed by atoms with Crippen molar-refractivity contribution in [3.8, 4) is 17.2 Å². The molecule has 0 aliphatic carbocycles. The van der Waals surface area contributed by atoms with Crippen LogP contribution in [0.1, 0.15) is 18.1 Å². The van der Waals surface area contributed by atoms with Crippen LogP contribution in [-0.4, -0.2) is 57.1 Å². The van der Waals surface area contributed by atoms with Crippen molar-refractivity contribution >= 4 is 0 Å². The van der Waals surface area contributed by atoms with Crippen molar-refractivity contribution in [1.29, 1.82) is 0 Å². The molecule has 0 aliphatic rings. The third-order valence-corrected chi connectivity index (χ3v) is 4.24. The molecule has 154 valence electrons. The van der Waals surface area contributed by atoms with Crippen LogP contribution >= 0.6 is 0 Å². The fourth-order valence-electron chi connectivity index (χ4n) is 2.91. The number of ether oxygens (including phenoxy) is 4. The minimum Gasteiger partial charge on any atom is -0.497 e. The summed E-state index contributed by atoms with van der Waals surface area (Å²) < 4.78 is 21.7. The van der Waals surface area contributed by atoms with E-state index in [1.807, 2.05) is 56.4 Å². The summed E-state index contributed by atoms with van der Waals surface area (Å²) in [6.45, 7) is 4.48. The van der Waals surface area contributed by atoms with Gasteiger partial charge in [0.2, 0.25) is 0 Å². The highest BCUT2D eigenvalue weighted by Crippen LogP contribution is 2.28. The molecule has 0 fully saturated rings. The Bertz CT molecular complexity index is 705. The van der Waals surface area contributed by atoms with E-state index in [1.165, 1.54) is 0 Å². The van der Waals surface area contributed by atoms with Crippen molar-refractivity contribution in [2.24, 2.45) is 0 Å². The molecule has 2 aromatic rings. The monoisotopic (exact) mass is 389 g/mol. The fraction of sp³-hybridized carbons (Fsp3) is 0.455. The first-order valence-electron chi connectivity index (χ1n) is 9.42. The van der Waals surface area contributed by atoms with E-state index in [2.05, 4.69) is 4.90 Å². The maximum atomic E-state index is 10.2. The number of aliphatic hydroxyl groups excluding tert-OH is 1. The van der Waals surface area contributed by atoms with Gasteiger partial charge < -0.3 is 24.1 Å². The van der Waals surface area contributed by atoms with Crippen molar-refractivity contribution in [2.45, 2.75) is 26.2 Å². The molecule has 1 unspecified atom stereocenters. The molecule has 6 nitrogen and oxygen atoms in total. The van der Waals surface area contributed by atoms with Gasteiger partial charge in [-0.2, -0.15) is 0 Å². The number of rotatable bonds is 12. The van der Waals surface area contributed by atoms with E-state index in [0.29, 0.717) is 26.3 Å². The van der Waals surface area contributed by atoms with Crippen molar-refractivity contribution in [3.05, 3.63) is 53.6 Å². The lowest BCUT2D eigenvalue weighted by Gasteiger charge is -2.21. The first-order valence-corrected chi connectivity index (χ1v) is 9.42. The quantitative estimate of drug-likeness (QED) is 0.602. The average Bonchev–Trinajstić information content (AvgIpc) is 2.69. The van der Waals surface area contributed by atoms with Gasteiger partial charge in [-0.15, -0.1) is 0 Å². The Balaban J connectivity index is 1.76. The smallest absolute Gasteiger partial charge is 0.161 e. The van der Waals surface area contributed by atoms with Crippen LogP contribution in [0.25, 0.3) is 0 Å². The van der Waals surface area contributed by atoms with Gasteiger partial charge in [-0.3, -0.25) is 4.90 Å². The highest BCUT2D eigenvalue weighted by molar-refractivity contribution is 5.42. The van der Waals surface area contributed by atoms with Crippen LogP contribution in [0.5, 0.6) is 17.2 Å². The fourth-order valence-corrected chi connectivity index (χ4v) is 2.91. The lowest BCUT2D eigenvalue weighted by Crippen LogP contribution is -2.31. The average molecular weight is 389 g/mol. The zero-order valence-electron chi connectivity index (χ0n) is 17.2. The SMILES string of the molecule is CCOc1ccc(CN(C)CC(O)COCc2ccc(OC)cc2)cc1OC. The molecule has 0 aromatic heterocycles. The highest BCUT2D eigenvalue weighted by Gasteiger charge is 2.11. The summed E-state index contributed by atoms with van der Waals surface area (Å²) in [5.41, 5.74) is 2.14. The summed E-state index contributed by atoms with van der Waals surface area (Å²) >= 11 is 0. The number of methoxy groups -OCH3 is 2. The van der Waals surface area contributed by atoms with E-state index in [4.69, 9.17) is 18.9 Å². The van der Waals surface area contributed by atoms with Crippen molar-refractivity contribution in [1.82, 2.24) is 4.90 Å². The molecule has 0 saturated carbocycles. The van der Waals surface area contributed by atoms with Crippen LogP contribution in [0.15, 0.2) is 42.5 Å². The van der Waals surface area contributed by atoms with E-state index in [-0.39, 0.29) is 6.61 Å². The normalized spacial score (nSPS) is 12.1. The second kappa shape index (κ2) is 11.5. The Morgan fingerprint density at radius 1 is 0.964 bits per heavy atom. The summed E-state index contributed by atoms with van der Waals surface area (Å²) in [5.74, 6) is 2.27. The van der Waals surface area contributed by atoms with Crippen LogP contribution in [0, 0.1) is 0 Å². The third kappa shape index (κ3) is 7.03. The van der Waals surface area contributed by atoms with E-state index >= 15 is 0 Å². The molecule has 0 saturated heterocycles. The highest BCUT2D eigenvalue weighted by atomic mass is 16.5. The standard InChI is InChI=1S/C22H31NO5/c1-5-28-21-11-8-18(12-22(21)26-4)13-23(2)14-19(24)16-27-15-17-6-9-20(25-3)10-7-17/h6-12,19,24H,5,13-16H2,1-4H3. The first kappa shape index (κ1) is 22.0. The maximum absolute atomic E-state index is 10.2. The lowest BCUT2D eigenvalue weighted by atomic mass is 10.2. The number of nitrogens with zero attached hydrogens (tertiary/aromatic N) is 1. The largest absolute Gasteiger partial charge is 0.497 e. The van der Waals surface area contributed by atoms with Gasteiger partial charge in [0.15, 0.2) is 11.5 Å². The van der Waals surface area contributed by atoms with E-state index in [0.717, 1.165) is 28.4 Å². The van der Waals surface area contributed by atoms with Gasteiger partial charge in [0.25, 0.3) is 0 Å². The van der Waals surface area contributed by atoms with Gasteiger partial charge in [-0.1, -0.05) is 18.2 Å². The second-order valence-electron chi connectivity index (χ2n) is 6.63. The minimum absolute atomic E-state index is 0.281. The predicted molar refractivity (Wildman–Crippen MR) is 109 cm³/mol. The zero-order valence-corrected chi connectivity index (χ0v) is 17.2. The summed E-state index contributed by atoms with van der Waals surface area (Å²) in [4.78, 5) is 2.05. The Labute approximate surface area is 167 Å². The van der Waals surface area contributed by atoms with Gasteiger partial charge in [-0.05, 0) is 49.4 Å². The number of hydrogen-bond donors (Lipinski definition) is 1. The lowest BCUT2D eigenvalue weighted by molar-refractivity contribution is 0.0127. The molecule has 0 radical (unpaired) electrons. The van der Waals surface area contributed by atoms with Crippen molar-refractivity contribution < 1.29 is 24.1 Å². The molecule has 0 aliphatic heterocycles. The van der Waals surface area contributed by atoms with Gasteiger partial charge in [-0.25, -0.2) is 0 Å². The molecule has 1 atom stereocenters. The summed E-state index contributed by atoms with van der Waals surface area (Å²) in [6, 6.07) is 13.6. The second-order valence-corrected chi connectivity index (χ2v) is 6.63. The van der Waals surface area contributed by atoms with Crippen LogP contribution in [0.3, 0.4) is 0 Å². The first-order chi connectivity index (χ1) is 13.5. The molecule has 28 heavy (non-hydrogen) atoms. The van der Waals surface area contributed by atoms with Crippen LogP contribution in [0.2, 0.25) is 0 Å². The van der Waals surface area contributed by atoms with Crippen LogP contribution in [0.4, 0.5) is 0 Å². The molecule has 0 heterocycles. The van der Waals surface area contributed by atoms with E-state index in [9.17, 15) is 5.11 Å². The summed E-state index contributed by atoms with van der Waals surface area (Å²) in [7, 11) is 5.24.